The van der Waals surface area contributed by atoms with E-state index in [1.165, 1.54) is 13.2 Å². The molecule has 0 atom stereocenters. The van der Waals surface area contributed by atoms with Crippen LogP contribution in [-0.4, -0.2) is 49.1 Å². The van der Waals surface area contributed by atoms with Crippen LogP contribution in [0.1, 0.15) is 11.7 Å². The minimum atomic E-state index is -3.80. The molecule has 0 spiro atoms. The number of ether oxygens (including phenoxy) is 1. The molecule has 1 rings (SSSR count). The van der Waals surface area contributed by atoms with Crippen molar-refractivity contribution in [3.05, 3.63) is 24.5 Å². The van der Waals surface area contributed by atoms with E-state index in [0.29, 0.717) is 0 Å². The third-order valence-corrected chi connectivity index (χ3v) is 4.28. The molecular weight excluding hydrogens is 272 g/mol. The van der Waals surface area contributed by atoms with E-state index in [0.717, 1.165) is 4.31 Å². The number of oxazole rings is 1. The first kappa shape index (κ1) is 15.7. The van der Waals surface area contributed by atoms with Crippen LogP contribution in [0, 0.1) is 13.8 Å². The van der Waals surface area contributed by atoms with Gasteiger partial charge in [-0.2, -0.15) is 4.31 Å². The normalized spacial score (nSPS) is 11.8. The molecule has 0 aliphatic heterocycles. The van der Waals surface area contributed by atoms with Crippen molar-refractivity contribution >= 4 is 10.0 Å². The Bertz CT molecular complexity index is 523. The summed E-state index contributed by atoms with van der Waals surface area (Å²) in [6, 6.07) is 0. The summed E-state index contributed by atoms with van der Waals surface area (Å²) in [4.78, 5) is 3.87. The van der Waals surface area contributed by atoms with Crippen molar-refractivity contribution in [3.8, 4) is 0 Å². The molecule has 0 amide bonds. The minimum absolute atomic E-state index is 0.0335. The minimum Gasteiger partial charge on any atom is -0.500 e. The molecule has 8 heteroatoms. The summed E-state index contributed by atoms with van der Waals surface area (Å²) in [5.74, 6) is 0.507. The van der Waals surface area contributed by atoms with Crippen molar-refractivity contribution < 1.29 is 22.7 Å². The zero-order valence-electron chi connectivity index (χ0n) is 11.0. The summed E-state index contributed by atoms with van der Waals surface area (Å²) in [6.45, 7) is 6.41. The van der Waals surface area contributed by atoms with Crippen molar-refractivity contribution in [1.82, 2.24) is 9.29 Å². The molecule has 0 fully saturated rings. The SMILES string of the molecule is C=COCCN(CCO)S(=O)(=O)c1nc(C)oc1C. The summed E-state index contributed by atoms with van der Waals surface area (Å²) < 4.78 is 35.9. The lowest BCUT2D eigenvalue weighted by Crippen LogP contribution is -2.36. The number of rotatable bonds is 8. The van der Waals surface area contributed by atoms with Crippen LogP contribution in [0.25, 0.3) is 0 Å². The monoisotopic (exact) mass is 290 g/mol. The maximum atomic E-state index is 12.4. The van der Waals surface area contributed by atoms with Crippen molar-refractivity contribution in [2.45, 2.75) is 18.9 Å². The highest BCUT2D eigenvalue weighted by Gasteiger charge is 2.29. The molecule has 0 bridgehead atoms. The van der Waals surface area contributed by atoms with Crippen LogP contribution in [0.2, 0.25) is 0 Å². The highest BCUT2D eigenvalue weighted by atomic mass is 32.2. The van der Waals surface area contributed by atoms with Gasteiger partial charge in [-0.25, -0.2) is 13.4 Å². The van der Waals surface area contributed by atoms with Crippen LogP contribution in [-0.2, 0) is 14.8 Å². The maximum absolute atomic E-state index is 12.4. The van der Waals surface area contributed by atoms with E-state index >= 15 is 0 Å². The maximum Gasteiger partial charge on any atom is 0.264 e. The lowest BCUT2D eigenvalue weighted by Gasteiger charge is -2.19. The van der Waals surface area contributed by atoms with Crippen LogP contribution in [0.3, 0.4) is 0 Å². The Morgan fingerprint density at radius 2 is 2.16 bits per heavy atom. The Balaban J connectivity index is 2.98. The molecule has 0 aliphatic rings. The Morgan fingerprint density at radius 3 is 2.63 bits per heavy atom. The van der Waals surface area contributed by atoms with E-state index in [-0.39, 0.29) is 43.0 Å². The molecule has 108 valence electrons. The fraction of sp³-hybridized carbons (Fsp3) is 0.545. The van der Waals surface area contributed by atoms with Crippen LogP contribution in [0.4, 0.5) is 0 Å². The van der Waals surface area contributed by atoms with Gasteiger partial charge >= 0.3 is 0 Å². The molecule has 1 aromatic heterocycles. The Kier molecular flexibility index (Phi) is 5.52. The van der Waals surface area contributed by atoms with Gasteiger partial charge in [0.15, 0.2) is 5.89 Å². The van der Waals surface area contributed by atoms with Crippen LogP contribution in [0.15, 0.2) is 22.3 Å². The summed E-state index contributed by atoms with van der Waals surface area (Å²) >= 11 is 0. The van der Waals surface area contributed by atoms with Gasteiger partial charge in [0, 0.05) is 20.0 Å². The molecule has 0 radical (unpaired) electrons. The summed E-state index contributed by atoms with van der Waals surface area (Å²) in [6.07, 6.45) is 1.23. The number of aryl methyl sites for hydroxylation is 2. The first-order valence-corrected chi connectivity index (χ1v) is 7.15. The van der Waals surface area contributed by atoms with Gasteiger partial charge in [0.2, 0.25) is 5.03 Å². The van der Waals surface area contributed by atoms with Crippen LogP contribution >= 0.6 is 0 Å². The number of hydrogen-bond donors (Lipinski definition) is 1. The number of nitrogens with zero attached hydrogens (tertiary/aromatic N) is 2. The number of hydrogen-bond acceptors (Lipinski definition) is 6. The van der Waals surface area contributed by atoms with Crippen molar-refractivity contribution in [2.75, 3.05) is 26.3 Å². The van der Waals surface area contributed by atoms with Gasteiger partial charge < -0.3 is 14.3 Å². The second kappa shape index (κ2) is 6.69. The first-order chi connectivity index (χ1) is 8.93. The largest absolute Gasteiger partial charge is 0.500 e. The molecule has 0 saturated heterocycles. The zero-order chi connectivity index (χ0) is 14.5. The van der Waals surface area contributed by atoms with Gasteiger partial charge in [-0.05, 0) is 6.92 Å². The van der Waals surface area contributed by atoms with Crippen molar-refractivity contribution in [3.63, 3.8) is 0 Å². The molecule has 1 N–H and O–H groups in total. The summed E-state index contributed by atoms with van der Waals surface area (Å²) in [5, 5.41) is 8.84. The average Bonchev–Trinajstić information content (AvgIpc) is 2.68. The number of sulfonamides is 1. The Labute approximate surface area is 112 Å². The molecule has 19 heavy (non-hydrogen) atoms. The van der Waals surface area contributed by atoms with Gasteiger partial charge in [-0.1, -0.05) is 6.58 Å². The average molecular weight is 290 g/mol. The standard InChI is InChI=1S/C11H18N2O5S/c1-4-17-8-6-13(5-7-14)19(15,16)11-9(2)18-10(3)12-11/h4,14H,1,5-8H2,2-3H3. The number of aromatic nitrogens is 1. The van der Waals surface area contributed by atoms with Gasteiger partial charge in [-0.15, -0.1) is 0 Å². The molecule has 1 heterocycles. The Morgan fingerprint density at radius 1 is 1.47 bits per heavy atom. The van der Waals surface area contributed by atoms with Gasteiger partial charge in [-0.3, -0.25) is 0 Å². The molecular formula is C11H18N2O5S. The molecule has 0 aromatic carbocycles. The lowest BCUT2D eigenvalue weighted by atomic mass is 10.6. The predicted octanol–water partition coefficient (Wildman–Crippen LogP) is 0.435. The zero-order valence-corrected chi connectivity index (χ0v) is 11.8. The second-order valence-corrected chi connectivity index (χ2v) is 5.61. The topological polar surface area (TPSA) is 92.9 Å². The van der Waals surface area contributed by atoms with Gasteiger partial charge in [0.25, 0.3) is 10.0 Å². The smallest absolute Gasteiger partial charge is 0.264 e. The molecule has 0 unspecified atom stereocenters. The lowest BCUT2D eigenvalue weighted by molar-refractivity contribution is 0.200. The van der Waals surface area contributed by atoms with Crippen LogP contribution in [0.5, 0.6) is 0 Å². The molecule has 0 aliphatic carbocycles. The van der Waals surface area contributed by atoms with E-state index < -0.39 is 10.0 Å². The number of aliphatic hydroxyl groups excluding tert-OH is 1. The van der Waals surface area contributed by atoms with Crippen LogP contribution < -0.4 is 0 Å². The first-order valence-electron chi connectivity index (χ1n) is 5.71. The van der Waals surface area contributed by atoms with Crippen molar-refractivity contribution in [2.24, 2.45) is 0 Å². The molecule has 7 nitrogen and oxygen atoms in total. The summed E-state index contributed by atoms with van der Waals surface area (Å²) in [7, 11) is -3.80. The fourth-order valence-electron chi connectivity index (χ4n) is 1.57. The molecule has 1 aromatic rings. The van der Waals surface area contributed by atoms with E-state index in [2.05, 4.69) is 11.6 Å². The summed E-state index contributed by atoms with van der Waals surface area (Å²) in [5.41, 5.74) is 0. The third kappa shape index (κ3) is 3.79. The van der Waals surface area contributed by atoms with E-state index in [1.54, 1.807) is 6.92 Å². The molecule has 0 saturated carbocycles. The van der Waals surface area contributed by atoms with Crippen molar-refractivity contribution in [1.29, 1.82) is 0 Å². The van der Waals surface area contributed by atoms with E-state index in [4.69, 9.17) is 14.3 Å². The predicted molar refractivity (Wildman–Crippen MR) is 68.0 cm³/mol. The van der Waals surface area contributed by atoms with Gasteiger partial charge in [0.1, 0.15) is 12.4 Å². The Hall–Kier alpha value is -1.38. The van der Waals surface area contributed by atoms with E-state index in [9.17, 15) is 8.42 Å². The highest BCUT2D eigenvalue weighted by molar-refractivity contribution is 7.89. The quantitative estimate of drug-likeness (QED) is 0.551. The third-order valence-electron chi connectivity index (χ3n) is 2.37. The van der Waals surface area contributed by atoms with E-state index in [1.807, 2.05) is 0 Å². The number of aliphatic hydroxyl groups is 1. The van der Waals surface area contributed by atoms with Gasteiger partial charge in [0.05, 0.1) is 12.9 Å². The highest BCUT2D eigenvalue weighted by Crippen LogP contribution is 2.19. The fourth-order valence-corrected chi connectivity index (χ4v) is 3.10. The second-order valence-electron chi connectivity index (χ2n) is 3.76.